The molecule has 4 aromatic rings. The van der Waals surface area contributed by atoms with Crippen LogP contribution in [0.25, 0.3) is 21.6 Å². The zero-order valence-electron chi connectivity index (χ0n) is 17.9. The molecule has 0 aliphatic carbocycles. The molecule has 32 heavy (non-hydrogen) atoms. The van der Waals surface area contributed by atoms with Crippen molar-refractivity contribution in [1.82, 2.24) is 20.1 Å². The van der Waals surface area contributed by atoms with E-state index in [-0.39, 0.29) is 11.9 Å². The molecule has 3 aromatic heterocycles. The molecule has 1 unspecified atom stereocenters. The zero-order valence-corrected chi connectivity index (χ0v) is 19.5. The number of carbonyl (C=O) groups excluding carboxylic acids is 1. The van der Waals surface area contributed by atoms with E-state index in [9.17, 15) is 13.2 Å². The summed E-state index contributed by atoms with van der Waals surface area (Å²) in [5, 5.41) is 10.1. The number of fused-ring (bicyclic) bond motifs is 1. The fraction of sp³-hybridized carbons (Fsp3) is 0.227. The molecule has 4 rings (SSSR count). The van der Waals surface area contributed by atoms with Gasteiger partial charge in [-0.3, -0.25) is 9.52 Å². The van der Waals surface area contributed by atoms with Gasteiger partial charge in [0, 0.05) is 12.2 Å². The molecule has 2 N–H and O–H groups in total. The van der Waals surface area contributed by atoms with E-state index in [1.54, 1.807) is 52.5 Å². The monoisotopic (exact) mass is 469 g/mol. The average molecular weight is 470 g/mol. The number of anilines is 1. The number of carbonyl (C=O) groups is 1. The summed E-state index contributed by atoms with van der Waals surface area (Å²) in [6.45, 7) is 4.51. The van der Waals surface area contributed by atoms with Crippen molar-refractivity contribution in [1.29, 1.82) is 0 Å². The molecule has 0 saturated carbocycles. The zero-order chi connectivity index (χ0) is 22.9. The van der Waals surface area contributed by atoms with Gasteiger partial charge in [-0.05, 0) is 49.1 Å². The maximum absolute atomic E-state index is 13.3. The number of aryl methyl sites for hydroxylation is 1. The van der Waals surface area contributed by atoms with E-state index < -0.39 is 10.0 Å². The summed E-state index contributed by atoms with van der Waals surface area (Å²) in [7, 11) is -3.34. The Bertz CT molecular complexity index is 1360. The highest BCUT2D eigenvalue weighted by Crippen LogP contribution is 2.28. The first-order chi connectivity index (χ1) is 15.2. The van der Waals surface area contributed by atoms with E-state index >= 15 is 0 Å². The smallest absolute Gasteiger partial charge is 0.252 e. The molecule has 1 atom stereocenters. The lowest BCUT2D eigenvalue weighted by atomic mass is 10.1. The number of aromatic nitrogens is 3. The maximum atomic E-state index is 13.3. The van der Waals surface area contributed by atoms with Crippen molar-refractivity contribution < 1.29 is 13.2 Å². The van der Waals surface area contributed by atoms with Gasteiger partial charge in [-0.15, -0.1) is 11.3 Å². The maximum Gasteiger partial charge on any atom is 0.252 e. The Morgan fingerprint density at radius 1 is 1.22 bits per heavy atom. The summed E-state index contributed by atoms with van der Waals surface area (Å²) in [4.78, 5) is 19.0. The normalized spacial score (nSPS) is 12.6. The van der Waals surface area contributed by atoms with Crippen LogP contribution in [0.3, 0.4) is 0 Å². The van der Waals surface area contributed by atoms with Gasteiger partial charge in [0.25, 0.3) is 5.91 Å². The van der Waals surface area contributed by atoms with Crippen LogP contribution < -0.4 is 10.0 Å². The van der Waals surface area contributed by atoms with Crippen LogP contribution in [0, 0.1) is 0 Å². The van der Waals surface area contributed by atoms with Crippen molar-refractivity contribution in [2.75, 3.05) is 11.0 Å². The molecule has 0 aliphatic heterocycles. The SMILES string of the molecule is CCn1ncc2c(C(=O)NC(C)c3ccc(NS(C)(=O)=O)cc3)cc(-c3cccs3)nc21. The lowest BCUT2D eigenvalue weighted by molar-refractivity contribution is 0.0941. The second-order valence-corrected chi connectivity index (χ2v) is 10.1. The first-order valence-corrected chi connectivity index (χ1v) is 12.8. The standard InChI is InChI=1S/C22H23N5O3S2/c1-4-27-21-18(13-23-27)17(12-19(25-21)20-6-5-11-31-20)22(28)24-14(2)15-7-9-16(10-8-15)26-32(3,29)30/h5-14,26H,4H2,1-3H3,(H,24,28). The van der Waals surface area contributed by atoms with Crippen LogP contribution in [0.2, 0.25) is 0 Å². The van der Waals surface area contributed by atoms with Crippen LogP contribution in [0.15, 0.2) is 54.0 Å². The van der Waals surface area contributed by atoms with Crippen molar-refractivity contribution in [3.63, 3.8) is 0 Å². The molecular formula is C22H23N5O3S2. The Kier molecular flexibility index (Phi) is 5.98. The van der Waals surface area contributed by atoms with E-state index in [1.807, 2.05) is 31.4 Å². The summed E-state index contributed by atoms with van der Waals surface area (Å²) >= 11 is 1.56. The van der Waals surface area contributed by atoms with Crippen LogP contribution in [0.4, 0.5) is 5.69 Å². The minimum atomic E-state index is -3.34. The van der Waals surface area contributed by atoms with Crippen molar-refractivity contribution in [2.24, 2.45) is 0 Å². The number of hydrogen-bond acceptors (Lipinski definition) is 6. The lowest BCUT2D eigenvalue weighted by Gasteiger charge is -2.16. The number of benzene rings is 1. The molecule has 0 spiro atoms. The third kappa shape index (κ3) is 4.66. The number of amides is 1. The van der Waals surface area contributed by atoms with Crippen LogP contribution >= 0.6 is 11.3 Å². The van der Waals surface area contributed by atoms with Crippen LogP contribution in [0.1, 0.15) is 35.8 Å². The van der Waals surface area contributed by atoms with Crippen LogP contribution in [0.5, 0.6) is 0 Å². The Morgan fingerprint density at radius 3 is 2.59 bits per heavy atom. The van der Waals surface area contributed by atoms with Gasteiger partial charge < -0.3 is 5.32 Å². The summed E-state index contributed by atoms with van der Waals surface area (Å²) in [5.41, 5.74) is 3.24. The van der Waals surface area contributed by atoms with Gasteiger partial charge in [0.05, 0.1) is 40.0 Å². The largest absolute Gasteiger partial charge is 0.345 e. The minimum Gasteiger partial charge on any atom is -0.345 e. The van der Waals surface area contributed by atoms with Crippen molar-refractivity contribution in [2.45, 2.75) is 26.4 Å². The average Bonchev–Trinajstić information content (AvgIpc) is 3.42. The fourth-order valence-electron chi connectivity index (χ4n) is 3.43. The van der Waals surface area contributed by atoms with Gasteiger partial charge in [0.1, 0.15) is 0 Å². The van der Waals surface area contributed by atoms with Gasteiger partial charge in [0.15, 0.2) is 5.65 Å². The van der Waals surface area contributed by atoms with E-state index in [0.29, 0.717) is 28.8 Å². The van der Waals surface area contributed by atoms with E-state index in [2.05, 4.69) is 15.1 Å². The number of pyridine rings is 1. The molecule has 0 saturated heterocycles. The predicted molar refractivity (Wildman–Crippen MR) is 127 cm³/mol. The topological polar surface area (TPSA) is 106 Å². The minimum absolute atomic E-state index is 0.225. The second kappa shape index (κ2) is 8.71. The van der Waals surface area contributed by atoms with Gasteiger partial charge in [-0.25, -0.2) is 18.1 Å². The summed E-state index contributed by atoms with van der Waals surface area (Å²) < 4.78 is 27.0. The molecule has 166 valence electrons. The first-order valence-electron chi connectivity index (χ1n) is 10.0. The highest BCUT2D eigenvalue weighted by atomic mass is 32.2. The molecule has 10 heteroatoms. The molecule has 3 heterocycles. The number of sulfonamides is 1. The molecule has 0 aliphatic rings. The third-order valence-corrected chi connectivity index (χ3v) is 6.49. The van der Waals surface area contributed by atoms with Crippen molar-refractivity contribution in [3.05, 3.63) is 65.2 Å². The van der Waals surface area contributed by atoms with E-state index in [4.69, 9.17) is 4.98 Å². The van der Waals surface area contributed by atoms with Gasteiger partial charge in [-0.2, -0.15) is 5.10 Å². The van der Waals surface area contributed by atoms with Crippen molar-refractivity contribution in [3.8, 4) is 10.6 Å². The second-order valence-electron chi connectivity index (χ2n) is 7.42. The summed E-state index contributed by atoms with van der Waals surface area (Å²) in [6.07, 6.45) is 2.78. The molecule has 1 aromatic carbocycles. The van der Waals surface area contributed by atoms with Gasteiger partial charge in [-0.1, -0.05) is 18.2 Å². The van der Waals surface area contributed by atoms with Crippen molar-refractivity contribution >= 4 is 44.0 Å². The van der Waals surface area contributed by atoms with E-state index in [1.165, 1.54) is 0 Å². The van der Waals surface area contributed by atoms with Gasteiger partial charge in [0.2, 0.25) is 10.0 Å². The fourth-order valence-corrected chi connectivity index (χ4v) is 4.68. The molecule has 8 nitrogen and oxygen atoms in total. The lowest BCUT2D eigenvalue weighted by Crippen LogP contribution is -2.27. The predicted octanol–water partition coefficient (Wildman–Crippen LogP) is 4.04. The van der Waals surface area contributed by atoms with Gasteiger partial charge >= 0.3 is 0 Å². The molecule has 1 amide bonds. The summed E-state index contributed by atoms with van der Waals surface area (Å²) in [6, 6.07) is 12.4. The molecule has 0 radical (unpaired) electrons. The highest BCUT2D eigenvalue weighted by Gasteiger charge is 2.19. The Morgan fingerprint density at radius 2 is 1.97 bits per heavy atom. The highest BCUT2D eigenvalue weighted by molar-refractivity contribution is 7.92. The first kappa shape index (κ1) is 22.0. The number of nitrogens with zero attached hydrogens (tertiary/aromatic N) is 3. The van der Waals surface area contributed by atoms with Crippen LogP contribution in [-0.4, -0.2) is 35.3 Å². The molecule has 0 bridgehead atoms. The Balaban J connectivity index is 1.63. The van der Waals surface area contributed by atoms with E-state index in [0.717, 1.165) is 22.4 Å². The number of nitrogens with one attached hydrogen (secondary N) is 2. The number of rotatable bonds is 7. The quantitative estimate of drug-likeness (QED) is 0.425. The number of thiophene rings is 1. The molecular weight excluding hydrogens is 446 g/mol. The molecule has 0 fully saturated rings. The summed E-state index contributed by atoms with van der Waals surface area (Å²) in [5.74, 6) is -0.225. The Hall–Kier alpha value is -3.24. The number of hydrogen-bond donors (Lipinski definition) is 2. The third-order valence-electron chi connectivity index (χ3n) is 4.99. The van der Waals surface area contributed by atoms with Crippen LogP contribution in [-0.2, 0) is 16.6 Å². The Labute approximate surface area is 190 Å².